The largest absolute Gasteiger partial charge is 0.446 e. The Bertz CT molecular complexity index is 483. The highest BCUT2D eigenvalue weighted by molar-refractivity contribution is 5.76. The van der Waals surface area contributed by atoms with Gasteiger partial charge in [-0.2, -0.15) is 35.1 Å². The Morgan fingerprint density at radius 2 is 1.40 bits per heavy atom. The van der Waals surface area contributed by atoms with E-state index in [1.54, 1.807) is 0 Å². The van der Waals surface area contributed by atoms with Crippen molar-refractivity contribution in [3.8, 4) is 0 Å². The first-order valence-corrected chi connectivity index (χ1v) is 6.49. The summed E-state index contributed by atoms with van der Waals surface area (Å²) in [6.07, 6.45) is -23.8. The molecule has 0 saturated heterocycles. The molecule has 0 aromatic rings. The van der Waals surface area contributed by atoms with E-state index in [9.17, 15) is 48.7 Å². The Balaban J connectivity index is 6.25. The van der Waals surface area contributed by atoms with Crippen LogP contribution in [0.2, 0.25) is 0 Å². The number of halogens is 10. The van der Waals surface area contributed by atoms with E-state index in [0.29, 0.717) is 0 Å². The Kier molecular flexibility index (Phi) is 6.45. The lowest BCUT2D eigenvalue weighted by molar-refractivity contribution is -0.401. The van der Waals surface area contributed by atoms with E-state index in [-0.39, 0.29) is 6.42 Å². The van der Waals surface area contributed by atoms with Crippen molar-refractivity contribution in [1.82, 2.24) is 0 Å². The second kappa shape index (κ2) is 6.80. The van der Waals surface area contributed by atoms with Gasteiger partial charge in [0.2, 0.25) is 0 Å². The fourth-order valence-electron chi connectivity index (χ4n) is 1.42. The molecule has 0 spiro atoms. The van der Waals surface area contributed by atoms with E-state index >= 15 is 0 Å². The van der Waals surface area contributed by atoms with Crippen LogP contribution >= 0.6 is 0 Å². The average Bonchev–Trinajstić information content (AvgIpc) is 2.39. The lowest BCUT2D eigenvalue weighted by atomic mass is 9.88. The van der Waals surface area contributed by atoms with Gasteiger partial charge in [0.05, 0.1) is 5.41 Å². The van der Waals surface area contributed by atoms with Gasteiger partial charge in [-0.1, -0.05) is 6.92 Å². The van der Waals surface area contributed by atoms with E-state index in [2.05, 4.69) is 4.74 Å². The maximum atomic E-state index is 13.8. The molecular formula is C12H14F10O3. The molecule has 2 atom stereocenters. The van der Waals surface area contributed by atoms with Gasteiger partial charge in [-0.3, -0.25) is 4.79 Å². The molecule has 0 aromatic heterocycles. The van der Waals surface area contributed by atoms with Crippen molar-refractivity contribution in [3.63, 3.8) is 0 Å². The highest BCUT2D eigenvalue weighted by Gasteiger charge is 2.81. The molecule has 13 heteroatoms. The third-order valence-corrected chi connectivity index (χ3v) is 3.54. The van der Waals surface area contributed by atoms with Crippen molar-refractivity contribution in [1.29, 1.82) is 0 Å². The molecule has 3 nitrogen and oxygen atoms in total. The Hall–Kier alpha value is -1.27. The van der Waals surface area contributed by atoms with E-state index in [4.69, 9.17) is 5.11 Å². The van der Waals surface area contributed by atoms with Crippen molar-refractivity contribution in [2.24, 2.45) is 5.41 Å². The number of carbonyl (C=O) groups excluding carboxylic acids is 1. The van der Waals surface area contributed by atoms with Gasteiger partial charge >= 0.3 is 24.2 Å². The summed E-state index contributed by atoms with van der Waals surface area (Å²) in [7, 11) is 0. The number of aliphatic hydroxyl groups is 1. The minimum absolute atomic E-state index is 0.264. The summed E-state index contributed by atoms with van der Waals surface area (Å²) in [5.74, 6) is -8.63. The SMILES string of the molecule is CCC(C)(C)C(=O)OC(C(F)(F)F)C(F)(F)C(O)(C(F)F)C(F)(F)F. The minimum Gasteiger partial charge on any atom is -0.446 e. The third kappa shape index (κ3) is 4.29. The van der Waals surface area contributed by atoms with Crippen LogP contribution < -0.4 is 0 Å². The molecule has 0 aliphatic heterocycles. The fraction of sp³-hybridized carbons (Fsp3) is 0.917. The van der Waals surface area contributed by atoms with E-state index in [0.717, 1.165) is 13.8 Å². The van der Waals surface area contributed by atoms with Crippen LogP contribution in [0, 0.1) is 5.41 Å². The lowest BCUT2D eigenvalue weighted by Gasteiger charge is -2.40. The quantitative estimate of drug-likeness (QED) is 0.544. The normalized spacial score (nSPS) is 18.0. The zero-order valence-electron chi connectivity index (χ0n) is 12.9. The molecule has 0 aliphatic carbocycles. The number of carbonyl (C=O) groups is 1. The summed E-state index contributed by atoms with van der Waals surface area (Å²) in [6.45, 7) is 3.10. The minimum atomic E-state index is -6.86. The summed E-state index contributed by atoms with van der Waals surface area (Å²) < 4.78 is 132. The molecule has 150 valence electrons. The molecule has 1 N–H and O–H groups in total. The van der Waals surface area contributed by atoms with Gasteiger partial charge in [-0.25, -0.2) is 8.78 Å². The average molecular weight is 396 g/mol. The Morgan fingerprint density at radius 1 is 1.00 bits per heavy atom. The Morgan fingerprint density at radius 3 is 1.64 bits per heavy atom. The zero-order chi connectivity index (χ0) is 20.6. The van der Waals surface area contributed by atoms with Crippen molar-refractivity contribution >= 4 is 5.97 Å². The van der Waals surface area contributed by atoms with Gasteiger partial charge in [0, 0.05) is 0 Å². The molecule has 25 heavy (non-hydrogen) atoms. The van der Waals surface area contributed by atoms with Crippen LogP contribution in [0.5, 0.6) is 0 Å². The standard InChI is InChI=1S/C12H14F10O3/c1-4-8(2,3)7(23)25-5(11(17,18)19)10(15,16)9(24,6(13)14)12(20,21)22/h5-6,24H,4H2,1-3H3. The number of esters is 1. The number of hydrogen-bond acceptors (Lipinski definition) is 3. The van der Waals surface area contributed by atoms with Gasteiger partial charge in [-0.05, 0) is 20.3 Å². The number of ether oxygens (including phenoxy) is 1. The van der Waals surface area contributed by atoms with Crippen LogP contribution in [-0.2, 0) is 9.53 Å². The molecule has 0 aromatic carbocycles. The molecule has 0 heterocycles. The smallest absolute Gasteiger partial charge is 0.431 e. The van der Waals surface area contributed by atoms with Crippen LogP contribution in [0.1, 0.15) is 27.2 Å². The lowest BCUT2D eigenvalue weighted by Crippen LogP contribution is -2.70. The molecule has 0 radical (unpaired) electrons. The predicted molar refractivity (Wildman–Crippen MR) is 62.0 cm³/mol. The van der Waals surface area contributed by atoms with Crippen LogP contribution in [0.15, 0.2) is 0 Å². The summed E-state index contributed by atoms with van der Waals surface area (Å²) in [5, 5.41) is 8.74. The highest BCUT2D eigenvalue weighted by Crippen LogP contribution is 2.51. The van der Waals surface area contributed by atoms with Crippen molar-refractivity contribution in [3.05, 3.63) is 0 Å². The molecule has 0 bridgehead atoms. The first kappa shape index (κ1) is 23.7. The van der Waals surface area contributed by atoms with Gasteiger partial charge < -0.3 is 9.84 Å². The molecule has 0 amide bonds. The van der Waals surface area contributed by atoms with Crippen LogP contribution in [0.3, 0.4) is 0 Å². The van der Waals surface area contributed by atoms with E-state index in [1.807, 2.05) is 0 Å². The van der Waals surface area contributed by atoms with Gasteiger partial charge in [0.15, 0.2) is 0 Å². The van der Waals surface area contributed by atoms with E-state index in [1.165, 1.54) is 6.92 Å². The molecule has 0 rings (SSSR count). The van der Waals surface area contributed by atoms with Crippen molar-refractivity contribution in [2.75, 3.05) is 0 Å². The zero-order valence-corrected chi connectivity index (χ0v) is 12.9. The Labute approximate surface area is 134 Å². The highest BCUT2D eigenvalue weighted by atomic mass is 19.4. The second-order valence-corrected chi connectivity index (χ2v) is 5.75. The molecule has 0 saturated carbocycles. The molecular weight excluding hydrogens is 382 g/mol. The topological polar surface area (TPSA) is 46.5 Å². The number of alkyl halides is 10. The maximum Gasteiger partial charge on any atom is 0.431 e. The van der Waals surface area contributed by atoms with Crippen LogP contribution in [0.4, 0.5) is 43.9 Å². The fourth-order valence-corrected chi connectivity index (χ4v) is 1.42. The summed E-state index contributed by atoms with van der Waals surface area (Å²) >= 11 is 0. The van der Waals surface area contributed by atoms with Crippen molar-refractivity contribution < 1.29 is 58.5 Å². The van der Waals surface area contributed by atoms with Gasteiger partial charge in [-0.15, -0.1) is 0 Å². The first-order chi connectivity index (χ1) is 10.8. The van der Waals surface area contributed by atoms with Gasteiger partial charge in [0.1, 0.15) is 0 Å². The molecule has 0 fully saturated rings. The monoisotopic (exact) mass is 396 g/mol. The second-order valence-electron chi connectivity index (χ2n) is 5.75. The van der Waals surface area contributed by atoms with Crippen LogP contribution in [0.25, 0.3) is 0 Å². The summed E-state index contributed by atoms with van der Waals surface area (Å²) in [6, 6.07) is 0. The maximum absolute atomic E-state index is 13.8. The first-order valence-electron chi connectivity index (χ1n) is 6.49. The van der Waals surface area contributed by atoms with Crippen molar-refractivity contribution in [2.45, 2.75) is 63.6 Å². The van der Waals surface area contributed by atoms with Gasteiger partial charge in [0.25, 0.3) is 18.1 Å². The molecule has 2 unspecified atom stereocenters. The van der Waals surface area contributed by atoms with E-state index < -0.39 is 47.8 Å². The predicted octanol–water partition coefficient (Wildman–Crippen LogP) is 4.09. The molecule has 0 aliphatic rings. The third-order valence-electron chi connectivity index (χ3n) is 3.54. The van der Waals surface area contributed by atoms with Crippen LogP contribution in [-0.4, -0.2) is 47.5 Å². The number of rotatable bonds is 6. The number of hydrogen-bond donors (Lipinski definition) is 1. The summed E-state index contributed by atoms with van der Waals surface area (Å²) in [4.78, 5) is 11.5. The summed E-state index contributed by atoms with van der Waals surface area (Å²) in [5.41, 5.74) is -8.22.